The third-order valence-electron chi connectivity index (χ3n) is 3.60. The van der Waals surface area contributed by atoms with Gasteiger partial charge in [-0.2, -0.15) is 23.4 Å². The largest absolute Gasteiger partial charge is 0.436 e. The highest BCUT2D eigenvalue weighted by Gasteiger charge is 2.39. The molecule has 2 aromatic heterocycles. The van der Waals surface area contributed by atoms with E-state index in [4.69, 9.17) is 11.6 Å². The summed E-state index contributed by atoms with van der Waals surface area (Å²) in [5, 5.41) is 10.5. The average molecular weight is 463 g/mol. The van der Waals surface area contributed by atoms with Crippen LogP contribution >= 0.6 is 27.5 Å². The number of nitrogens with zero attached hydrogens (tertiary/aromatic N) is 4. The Labute approximate surface area is 165 Å². The van der Waals surface area contributed by atoms with Gasteiger partial charge in [0.15, 0.2) is 5.69 Å². The molecule has 0 aliphatic carbocycles. The molecule has 0 saturated carbocycles. The first kappa shape index (κ1) is 19.4. The Morgan fingerprint density at radius 1 is 1.37 bits per heavy atom. The number of rotatable bonds is 4. The van der Waals surface area contributed by atoms with Crippen molar-refractivity contribution in [3.05, 3.63) is 63.1 Å². The lowest BCUT2D eigenvalue weighted by molar-refractivity contribution is -0.142. The lowest BCUT2D eigenvalue weighted by Gasteiger charge is -2.08. The molecule has 3 rings (SSSR count). The van der Waals surface area contributed by atoms with Crippen LogP contribution in [-0.2, 0) is 19.8 Å². The summed E-state index contributed by atoms with van der Waals surface area (Å²) in [5.74, 6) is -0.716. The maximum atomic E-state index is 12.9. The van der Waals surface area contributed by atoms with E-state index in [1.807, 2.05) is 6.07 Å². The average Bonchev–Trinajstić information content (AvgIpc) is 3.10. The van der Waals surface area contributed by atoms with E-state index >= 15 is 0 Å². The van der Waals surface area contributed by atoms with E-state index in [9.17, 15) is 18.0 Å². The second kappa shape index (κ2) is 7.35. The fourth-order valence-corrected chi connectivity index (χ4v) is 3.37. The molecule has 0 fully saturated rings. The van der Waals surface area contributed by atoms with Crippen LogP contribution in [0.5, 0.6) is 0 Å². The molecule has 0 aliphatic rings. The molecule has 0 radical (unpaired) electrons. The first-order valence-electron chi connectivity index (χ1n) is 7.53. The Kier molecular flexibility index (Phi) is 5.29. The van der Waals surface area contributed by atoms with E-state index in [0.717, 1.165) is 10.2 Å². The number of halogens is 5. The number of amides is 1. The lowest BCUT2D eigenvalue weighted by Crippen LogP contribution is -2.16. The van der Waals surface area contributed by atoms with Crippen LogP contribution in [0, 0.1) is 0 Å². The zero-order valence-electron chi connectivity index (χ0n) is 13.8. The maximum Gasteiger partial charge on any atom is 0.436 e. The Hall–Kier alpha value is -2.33. The Bertz CT molecular complexity index is 998. The van der Waals surface area contributed by atoms with Crippen molar-refractivity contribution >= 4 is 39.1 Å². The molecule has 27 heavy (non-hydrogen) atoms. The van der Waals surface area contributed by atoms with Crippen molar-refractivity contribution in [2.75, 3.05) is 5.32 Å². The number of aryl methyl sites for hydroxylation is 1. The summed E-state index contributed by atoms with van der Waals surface area (Å²) >= 11 is 8.65. The highest BCUT2D eigenvalue weighted by molar-refractivity contribution is 9.10. The van der Waals surface area contributed by atoms with E-state index in [1.54, 1.807) is 29.1 Å². The van der Waals surface area contributed by atoms with E-state index in [2.05, 4.69) is 31.4 Å². The number of carbonyl (C=O) groups excluding carboxylic acids is 1. The quantitative estimate of drug-likeness (QED) is 0.627. The van der Waals surface area contributed by atoms with Crippen LogP contribution in [0.15, 0.2) is 41.1 Å². The molecule has 6 nitrogen and oxygen atoms in total. The summed E-state index contributed by atoms with van der Waals surface area (Å²) in [5.41, 5.74) is -0.129. The zero-order chi connectivity index (χ0) is 19.8. The summed E-state index contributed by atoms with van der Waals surface area (Å²) in [6.45, 7) is 0.421. The molecule has 1 N–H and O–H groups in total. The standard InChI is InChI=1S/C16H12BrClF3N5O/c1-25-13(12(17)14(24-25)16(19,20)21)15(27)23-11-4-2-3-9(5-11)7-26-8-10(18)6-22-26/h2-6,8H,7H2,1H3,(H,23,27). The smallest absolute Gasteiger partial charge is 0.321 e. The van der Waals surface area contributed by atoms with Gasteiger partial charge in [-0.05, 0) is 33.6 Å². The van der Waals surface area contributed by atoms with Crippen LogP contribution < -0.4 is 5.32 Å². The first-order valence-corrected chi connectivity index (χ1v) is 8.70. The fourth-order valence-electron chi connectivity index (χ4n) is 2.48. The van der Waals surface area contributed by atoms with Crippen molar-refractivity contribution in [3.8, 4) is 0 Å². The molecule has 11 heteroatoms. The monoisotopic (exact) mass is 461 g/mol. The van der Waals surface area contributed by atoms with E-state index in [1.165, 1.54) is 13.2 Å². The van der Waals surface area contributed by atoms with Crippen LogP contribution in [0.25, 0.3) is 0 Å². The Morgan fingerprint density at radius 3 is 2.70 bits per heavy atom. The molecule has 0 unspecified atom stereocenters. The van der Waals surface area contributed by atoms with Gasteiger partial charge >= 0.3 is 6.18 Å². The van der Waals surface area contributed by atoms with Gasteiger partial charge in [-0.3, -0.25) is 14.2 Å². The van der Waals surface area contributed by atoms with Crippen molar-refractivity contribution in [2.24, 2.45) is 7.05 Å². The van der Waals surface area contributed by atoms with Gasteiger partial charge in [-0.15, -0.1) is 0 Å². The summed E-state index contributed by atoms with van der Waals surface area (Å²) in [6.07, 6.45) is -1.51. The second-order valence-electron chi connectivity index (χ2n) is 5.64. The van der Waals surface area contributed by atoms with Gasteiger partial charge in [-0.1, -0.05) is 23.7 Å². The van der Waals surface area contributed by atoms with Gasteiger partial charge in [0.25, 0.3) is 5.91 Å². The molecule has 2 heterocycles. The van der Waals surface area contributed by atoms with Gasteiger partial charge in [-0.25, -0.2) is 0 Å². The van der Waals surface area contributed by atoms with E-state index in [0.29, 0.717) is 17.3 Å². The van der Waals surface area contributed by atoms with Crippen molar-refractivity contribution < 1.29 is 18.0 Å². The van der Waals surface area contributed by atoms with Crippen LogP contribution in [0.3, 0.4) is 0 Å². The van der Waals surface area contributed by atoms with Crippen molar-refractivity contribution in [1.29, 1.82) is 0 Å². The molecule has 142 valence electrons. The van der Waals surface area contributed by atoms with Gasteiger partial charge in [0.05, 0.1) is 22.2 Å². The lowest BCUT2D eigenvalue weighted by atomic mass is 10.2. The minimum atomic E-state index is -4.67. The number of anilines is 1. The molecule has 0 atom stereocenters. The summed E-state index contributed by atoms with van der Waals surface area (Å²) < 4.78 is 40.9. The normalized spacial score (nSPS) is 11.6. The van der Waals surface area contributed by atoms with Crippen LogP contribution in [0.1, 0.15) is 21.7 Å². The Morgan fingerprint density at radius 2 is 2.11 bits per heavy atom. The maximum absolute atomic E-state index is 12.9. The minimum Gasteiger partial charge on any atom is -0.321 e. The minimum absolute atomic E-state index is 0.230. The highest BCUT2D eigenvalue weighted by atomic mass is 79.9. The van der Waals surface area contributed by atoms with Crippen molar-refractivity contribution in [3.63, 3.8) is 0 Å². The van der Waals surface area contributed by atoms with Crippen molar-refractivity contribution in [1.82, 2.24) is 19.6 Å². The molecule has 3 aromatic rings. The molecule has 0 saturated heterocycles. The zero-order valence-corrected chi connectivity index (χ0v) is 16.1. The number of nitrogens with one attached hydrogen (secondary N) is 1. The SMILES string of the molecule is Cn1nc(C(F)(F)F)c(Br)c1C(=O)Nc1cccc(Cn2cc(Cl)cn2)c1. The Balaban J connectivity index is 1.81. The number of alkyl halides is 3. The number of aromatic nitrogens is 4. The fraction of sp³-hybridized carbons (Fsp3) is 0.188. The third-order valence-corrected chi connectivity index (χ3v) is 4.55. The molecule has 0 bridgehead atoms. The topological polar surface area (TPSA) is 64.7 Å². The van der Waals surface area contributed by atoms with E-state index < -0.39 is 22.3 Å². The van der Waals surface area contributed by atoms with Gasteiger partial charge in [0, 0.05) is 18.9 Å². The number of hydrogen-bond donors (Lipinski definition) is 1. The molecule has 1 aromatic carbocycles. The first-order chi connectivity index (χ1) is 12.6. The van der Waals surface area contributed by atoms with Gasteiger partial charge in [0.2, 0.25) is 0 Å². The van der Waals surface area contributed by atoms with Crippen LogP contribution in [0.2, 0.25) is 5.02 Å². The van der Waals surface area contributed by atoms with Gasteiger partial charge < -0.3 is 5.32 Å². The van der Waals surface area contributed by atoms with Gasteiger partial charge in [0.1, 0.15) is 5.69 Å². The van der Waals surface area contributed by atoms with Crippen molar-refractivity contribution in [2.45, 2.75) is 12.7 Å². The molecule has 0 spiro atoms. The highest BCUT2D eigenvalue weighted by Crippen LogP contribution is 2.35. The molecule has 1 amide bonds. The third kappa shape index (κ3) is 4.33. The van der Waals surface area contributed by atoms with Crippen LogP contribution in [-0.4, -0.2) is 25.5 Å². The number of carbonyl (C=O) groups is 1. The van der Waals surface area contributed by atoms with E-state index in [-0.39, 0.29) is 5.69 Å². The molecule has 0 aliphatic heterocycles. The predicted octanol–water partition coefficient (Wildman–Crippen LogP) is 4.35. The summed E-state index contributed by atoms with van der Waals surface area (Å²) in [4.78, 5) is 12.5. The van der Waals surface area contributed by atoms with Crippen LogP contribution in [0.4, 0.5) is 18.9 Å². The predicted molar refractivity (Wildman–Crippen MR) is 96.6 cm³/mol. The second-order valence-corrected chi connectivity index (χ2v) is 6.87. The number of hydrogen-bond acceptors (Lipinski definition) is 3. The summed E-state index contributed by atoms with van der Waals surface area (Å²) in [7, 11) is 1.27. The molecular weight excluding hydrogens is 451 g/mol. The number of benzene rings is 1. The molecular formula is C16H12BrClF3N5O. The summed E-state index contributed by atoms with van der Waals surface area (Å²) in [6, 6.07) is 6.87.